The normalized spacial score (nSPS) is 17.0. The lowest BCUT2D eigenvalue weighted by Crippen LogP contribution is -2.43. The van der Waals surface area contributed by atoms with Crippen LogP contribution in [0.1, 0.15) is 12.8 Å². The Labute approximate surface area is 180 Å². The number of nitrogens with one attached hydrogen (secondary N) is 1. The maximum Gasteiger partial charge on any atom is 0.271 e. The van der Waals surface area contributed by atoms with Crippen molar-refractivity contribution in [2.24, 2.45) is 5.92 Å². The quantitative estimate of drug-likeness (QED) is 0.508. The number of sulfonamides is 1. The van der Waals surface area contributed by atoms with Crippen molar-refractivity contribution >= 4 is 27.3 Å². The van der Waals surface area contributed by atoms with Gasteiger partial charge < -0.3 is 14.8 Å². The van der Waals surface area contributed by atoms with Crippen molar-refractivity contribution in [3.8, 4) is 11.5 Å². The van der Waals surface area contributed by atoms with Crippen molar-refractivity contribution in [3.05, 3.63) is 52.6 Å². The lowest BCUT2D eigenvalue weighted by atomic mass is 9.98. The molecule has 0 unspecified atom stereocenters. The highest BCUT2D eigenvalue weighted by atomic mass is 32.2. The van der Waals surface area contributed by atoms with Crippen LogP contribution in [0.3, 0.4) is 0 Å². The first-order valence-electron chi connectivity index (χ1n) is 9.53. The predicted molar refractivity (Wildman–Crippen MR) is 113 cm³/mol. The van der Waals surface area contributed by atoms with Gasteiger partial charge in [0.25, 0.3) is 5.69 Å². The number of anilines is 1. The molecule has 31 heavy (non-hydrogen) atoms. The van der Waals surface area contributed by atoms with Gasteiger partial charge in [0.2, 0.25) is 15.9 Å². The maximum atomic E-state index is 13.0. The molecule has 2 aromatic rings. The summed E-state index contributed by atoms with van der Waals surface area (Å²) in [4.78, 5) is 23.4. The zero-order valence-corrected chi connectivity index (χ0v) is 17.9. The fraction of sp³-hybridized carbons (Fsp3) is 0.350. The summed E-state index contributed by atoms with van der Waals surface area (Å²) in [5.74, 6) is -0.211. The Morgan fingerprint density at radius 2 is 1.87 bits per heavy atom. The molecule has 0 spiro atoms. The zero-order valence-electron chi connectivity index (χ0n) is 17.1. The van der Waals surface area contributed by atoms with E-state index in [-0.39, 0.29) is 28.6 Å². The molecule has 1 fully saturated rings. The van der Waals surface area contributed by atoms with Gasteiger partial charge in [0.15, 0.2) is 0 Å². The van der Waals surface area contributed by atoms with Crippen molar-refractivity contribution in [1.82, 2.24) is 4.31 Å². The topological polar surface area (TPSA) is 128 Å². The Balaban J connectivity index is 1.76. The minimum Gasteiger partial charge on any atom is -0.497 e. The Bertz CT molecular complexity index is 1070. The smallest absolute Gasteiger partial charge is 0.271 e. The molecule has 10 nitrogen and oxygen atoms in total. The first-order chi connectivity index (χ1) is 14.8. The Morgan fingerprint density at radius 1 is 1.16 bits per heavy atom. The van der Waals surface area contributed by atoms with Crippen molar-refractivity contribution < 1.29 is 27.6 Å². The van der Waals surface area contributed by atoms with Crippen LogP contribution in [0.15, 0.2) is 47.4 Å². The van der Waals surface area contributed by atoms with E-state index < -0.39 is 26.8 Å². The van der Waals surface area contributed by atoms with Crippen LogP contribution >= 0.6 is 0 Å². The number of methoxy groups -OCH3 is 2. The van der Waals surface area contributed by atoms with Crippen LogP contribution in [-0.2, 0) is 14.8 Å². The van der Waals surface area contributed by atoms with Gasteiger partial charge in [-0.15, -0.1) is 0 Å². The first kappa shape index (κ1) is 22.5. The number of rotatable bonds is 7. The van der Waals surface area contributed by atoms with Crippen LogP contribution in [0, 0.1) is 16.0 Å². The van der Waals surface area contributed by atoms with Crippen molar-refractivity contribution in [3.63, 3.8) is 0 Å². The second kappa shape index (κ2) is 9.31. The average molecular weight is 449 g/mol. The third-order valence-corrected chi connectivity index (χ3v) is 6.98. The monoisotopic (exact) mass is 449 g/mol. The molecule has 0 aliphatic carbocycles. The number of piperidine rings is 1. The number of carbonyl (C=O) groups is 1. The fourth-order valence-electron chi connectivity index (χ4n) is 3.41. The van der Waals surface area contributed by atoms with Gasteiger partial charge in [-0.2, -0.15) is 4.31 Å². The number of ether oxygens (including phenoxy) is 2. The van der Waals surface area contributed by atoms with Gasteiger partial charge in [-0.3, -0.25) is 14.9 Å². The Hall–Kier alpha value is -3.18. The largest absolute Gasteiger partial charge is 0.497 e. The Morgan fingerprint density at radius 3 is 2.48 bits per heavy atom. The maximum absolute atomic E-state index is 13.0. The zero-order chi connectivity index (χ0) is 22.6. The second-order valence-corrected chi connectivity index (χ2v) is 8.95. The van der Waals surface area contributed by atoms with Gasteiger partial charge in [-0.25, -0.2) is 8.42 Å². The van der Waals surface area contributed by atoms with E-state index >= 15 is 0 Å². The lowest BCUT2D eigenvalue weighted by molar-refractivity contribution is -0.384. The van der Waals surface area contributed by atoms with Crippen LogP contribution in [-0.4, -0.2) is 50.9 Å². The number of non-ortho nitro benzene ring substituents is 1. The highest BCUT2D eigenvalue weighted by Crippen LogP contribution is 2.31. The Kier molecular flexibility index (Phi) is 6.76. The minimum absolute atomic E-state index is 0.0113. The number of benzene rings is 2. The molecule has 0 saturated carbocycles. The summed E-state index contributed by atoms with van der Waals surface area (Å²) < 4.78 is 37.5. The number of carbonyl (C=O) groups excluding carboxylic acids is 1. The van der Waals surface area contributed by atoms with E-state index in [2.05, 4.69) is 5.32 Å². The number of hydrogen-bond donors (Lipinski definition) is 1. The molecule has 1 atom stereocenters. The van der Waals surface area contributed by atoms with Crippen LogP contribution in [0.2, 0.25) is 0 Å². The number of nitro groups is 1. The van der Waals surface area contributed by atoms with Gasteiger partial charge in [0.05, 0.1) is 35.6 Å². The predicted octanol–water partition coefficient (Wildman–Crippen LogP) is 2.65. The summed E-state index contributed by atoms with van der Waals surface area (Å²) in [6.07, 6.45) is 1.01. The molecule has 1 N–H and O–H groups in total. The molecule has 0 bridgehead atoms. The molecule has 0 aromatic heterocycles. The van der Waals surface area contributed by atoms with Crippen LogP contribution < -0.4 is 14.8 Å². The van der Waals surface area contributed by atoms with E-state index in [0.29, 0.717) is 25.1 Å². The number of nitrogens with zero attached hydrogens (tertiary/aromatic N) is 2. The second-order valence-electron chi connectivity index (χ2n) is 7.01. The van der Waals surface area contributed by atoms with Gasteiger partial charge >= 0.3 is 0 Å². The standard InChI is InChI=1S/C20H23N3O7S/c1-29-16-6-8-17(9-7-16)31(27,28)22-11-3-4-14(13-22)20(24)21-18-12-15(23(25)26)5-10-19(18)30-2/h5-10,12,14H,3-4,11,13H2,1-2H3,(H,21,24)/t14-/m1/s1. The molecule has 166 valence electrons. The summed E-state index contributed by atoms with van der Waals surface area (Å²) >= 11 is 0. The lowest BCUT2D eigenvalue weighted by Gasteiger charge is -2.31. The SMILES string of the molecule is COc1ccc(S(=O)(=O)N2CCC[C@@H](C(=O)Nc3cc([N+](=O)[O-])ccc3OC)C2)cc1. The summed E-state index contributed by atoms with van der Waals surface area (Å²) in [7, 11) is -0.890. The van der Waals surface area contributed by atoms with E-state index in [1.807, 2.05) is 0 Å². The molecule has 3 rings (SSSR count). The van der Waals surface area contributed by atoms with Gasteiger partial charge in [0.1, 0.15) is 11.5 Å². The number of nitro benzene ring substituents is 1. The molecule has 1 amide bonds. The molecule has 1 aliphatic heterocycles. The van der Waals surface area contributed by atoms with E-state index in [1.54, 1.807) is 12.1 Å². The van der Waals surface area contributed by atoms with E-state index in [4.69, 9.17) is 9.47 Å². The van der Waals surface area contributed by atoms with Gasteiger partial charge in [-0.1, -0.05) is 0 Å². The molecule has 1 heterocycles. The fourth-order valence-corrected chi connectivity index (χ4v) is 4.94. The van der Waals surface area contributed by atoms with Crippen LogP contribution in [0.5, 0.6) is 11.5 Å². The summed E-state index contributed by atoms with van der Waals surface area (Å²) in [5.41, 5.74) is -0.0275. The third kappa shape index (κ3) is 4.94. The van der Waals surface area contributed by atoms with Crippen LogP contribution in [0.25, 0.3) is 0 Å². The minimum atomic E-state index is -3.77. The van der Waals surface area contributed by atoms with Crippen molar-refractivity contribution in [2.75, 3.05) is 32.6 Å². The summed E-state index contributed by atoms with van der Waals surface area (Å²) in [6, 6.07) is 9.95. The summed E-state index contributed by atoms with van der Waals surface area (Å²) in [5, 5.41) is 13.7. The highest BCUT2D eigenvalue weighted by Gasteiger charge is 2.33. The summed E-state index contributed by atoms with van der Waals surface area (Å²) in [6.45, 7) is 0.315. The molecule has 1 aliphatic rings. The highest BCUT2D eigenvalue weighted by molar-refractivity contribution is 7.89. The molecule has 0 radical (unpaired) electrons. The van der Waals surface area contributed by atoms with Gasteiger partial charge in [-0.05, 0) is 43.2 Å². The van der Waals surface area contributed by atoms with E-state index in [0.717, 1.165) is 0 Å². The first-order valence-corrected chi connectivity index (χ1v) is 11.0. The molecular weight excluding hydrogens is 426 g/mol. The van der Waals surface area contributed by atoms with Crippen molar-refractivity contribution in [1.29, 1.82) is 0 Å². The molecule has 2 aromatic carbocycles. The van der Waals surface area contributed by atoms with E-state index in [1.165, 1.54) is 48.9 Å². The third-order valence-electron chi connectivity index (χ3n) is 5.10. The number of amides is 1. The van der Waals surface area contributed by atoms with Crippen LogP contribution in [0.4, 0.5) is 11.4 Å². The molecule has 11 heteroatoms. The van der Waals surface area contributed by atoms with Crippen molar-refractivity contribution in [2.45, 2.75) is 17.7 Å². The molecular formula is C20H23N3O7S. The van der Waals surface area contributed by atoms with Gasteiger partial charge in [0, 0.05) is 25.2 Å². The number of hydrogen-bond acceptors (Lipinski definition) is 7. The average Bonchev–Trinajstić information content (AvgIpc) is 2.79. The molecule has 1 saturated heterocycles. The van der Waals surface area contributed by atoms with E-state index in [9.17, 15) is 23.3 Å².